The van der Waals surface area contributed by atoms with Crippen LogP contribution in [0.1, 0.15) is 56.9 Å². The molecule has 1 N–H and O–H groups in total. The van der Waals surface area contributed by atoms with Gasteiger partial charge in [-0.15, -0.1) is 0 Å². The maximum Gasteiger partial charge on any atom is 0.142 e. The van der Waals surface area contributed by atoms with Crippen LogP contribution in [0.15, 0.2) is 46.6 Å². The van der Waals surface area contributed by atoms with E-state index in [2.05, 4.69) is 29.0 Å². The number of benzene rings is 1. The molecular weight excluding hydrogens is 387 g/mol. The lowest BCUT2D eigenvalue weighted by molar-refractivity contribution is 0.0888. The first-order chi connectivity index (χ1) is 14.0. The van der Waals surface area contributed by atoms with E-state index in [1.165, 1.54) is 18.4 Å². The summed E-state index contributed by atoms with van der Waals surface area (Å²) in [4.78, 5) is 6.82. The van der Waals surface area contributed by atoms with E-state index in [0.29, 0.717) is 11.8 Å². The molecule has 0 spiro atoms. The lowest BCUT2D eigenvalue weighted by Gasteiger charge is -2.39. The lowest BCUT2D eigenvalue weighted by atomic mass is 9.75. The minimum Gasteiger partial charge on any atom is -0.387 e. The van der Waals surface area contributed by atoms with Crippen LogP contribution in [0.3, 0.4) is 0 Å². The monoisotopic (exact) mass is 414 g/mol. The van der Waals surface area contributed by atoms with E-state index in [1.54, 1.807) is 12.1 Å². The number of allylic oxidation sites excluding steroid dienone is 2. The minimum atomic E-state index is -0.460. The van der Waals surface area contributed by atoms with Crippen molar-refractivity contribution in [3.05, 3.63) is 58.0 Å². The van der Waals surface area contributed by atoms with Crippen molar-refractivity contribution in [2.75, 3.05) is 0 Å². The number of aliphatic imine (C=N–C) groups is 1. The van der Waals surface area contributed by atoms with Gasteiger partial charge in [-0.2, -0.15) is 0 Å². The van der Waals surface area contributed by atoms with Crippen molar-refractivity contribution in [1.29, 1.82) is 0 Å². The average Bonchev–Trinajstić information content (AvgIpc) is 3.52. The van der Waals surface area contributed by atoms with Crippen LogP contribution in [0.25, 0.3) is 0 Å². The number of aliphatic hydroxyl groups excluding tert-OH is 1. The molecule has 0 bridgehead atoms. The first kappa shape index (κ1) is 19.3. The van der Waals surface area contributed by atoms with Crippen molar-refractivity contribution in [3.63, 3.8) is 0 Å². The molecule has 2 heterocycles. The van der Waals surface area contributed by atoms with Crippen LogP contribution in [-0.4, -0.2) is 34.5 Å². The quantitative estimate of drug-likeness (QED) is 0.711. The number of halogens is 2. The fraction of sp³-hybridized carbons (Fsp3) is 0.542. The Morgan fingerprint density at radius 3 is 2.55 bits per heavy atom. The number of hydrogen-bond donors (Lipinski definition) is 1. The van der Waals surface area contributed by atoms with Crippen molar-refractivity contribution in [2.24, 2.45) is 16.8 Å². The number of hydrogen-bond acceptors (Lipinski definition) is 3. The molecule has 2 aliphatic heterocycles. The molecule has 2 fully saturated rings. The van der Waals surface area contributed by atoms with Crippen LogP contribution in [-0.2, 0) is 0 Å². The molecule has 3 atom stereocenters. The zero-order chi connectivity index (χ0) is 20.1. The Bertz CT molecular complexity index is 883. The summed E-state index contributed by atoms with van der Waals surface area (Å²) in [5, 5.41) is 11.6. The highest BCUT2D eigenvalue weighted by atomic mass is 35.5. The van der Waals surface area contributed by atoms with Crippen LogP contribution in [0, 0.1) is 17.7 Å². The van der Waals surface area contributed by atoms with E-state index in [9.17, 15) is 9.50 Å². The van der Waals surface area contributed by atoms with Gasteiger partial charge in [0.2, 0.25) is 0 Å². The molecule has 0 aromatic heterocycles. The fourth-order valence-corrected chi connectivity index (χ4v) is 5.43. The zero-order valence-electron chi connectivity index (χ0n) is 16.8. The Hall–Kier alpha value is -1.65. The first-order valence-electron chi connectivity index (χ1n) is 10.9. The summed E-state index contributed by atoms with van der Waals surface area (Å²) in [6.07, 6.45) is 12.3. The van der Waals surface area contributed by atoms with E-state index in [-0.39, 0.29) is 28.8 Å². The molecular formula is C24H28ClFN2O. The topological polar surface area (TPSA) is 35.8 Å². The van der Waals surface area contributed by atoms with Crippen molar-refractivity contribution >= 4 is 17.9 Å². The summed E-state index contributed by atoms with van der Waals surface area (Å²) >= 11 is 5.84. The molecule has 3 unspecified atom stereocenters. The Morgan fingerprint density at radius 1 is 1.14 bits per heavy atom. The Balaban J connectivity index is 1.33. The summed E-state index contributed by atoms with van der Waals surface area (Å²) in [6.45, 7) is 2.13. The smallest absolute Gasteiger partial charge is 0.142 e. The molecule has 3 nitrogen and oxygen atoms in total. The third-order valence-corrected chi connectivity index (χ3v) is 7.53. The van der Waals surface area contributed by atoms with E-state index in [4.69, 9.17) is 11.6 Å². The van der Waals surface area contributed by atoms with Crippen LogP contribution in [0.5, 0.6) is 0 Å². The molecule has 5 rings (SSSR count). The Kier molecular flexibility index (Phi) is 5.03. The maximum atomic E-state index is 13.9. The molecule has 5 heteroatoms. The van der Waals surface area contributed by atoms with Gasteiger partial charge in [-0.3, -0.25) is 4.99 Å². The molecule has 1 aromatic carbocycles. The standard InChI is InChI=1S/C24H28ClFN2O/c1-14-22-11-9-19(16-4-5-16)23(28(22)13-27-14)24(29)17-6-2-15(3-7-17)18-8-10-20(25)21(26)12-18/h8-17,22,24,29H,2-7H2,1H3. The Morgan fingerprint density at radius 2 is 1.86 bits per heavy atom. The normalized spacial score (nSPS) is 32.6. The second-order valence-electron chi connectivity index (χ2n) is 9.11. The highest BCUT2D eigenvalue weighted by Crippen LogP contribution is 2.46. The van der Waals surface area contributed by atoms with Gasteiger partial charge in [0.15, 0.2) is 0 Å². The van der Waals surface area contributed by atoms with Crippen LogP contribution in [0.4, 0.5) is 4.39 Å². The second-order valence-corrected chi connectivity index (χ2v) is 9.51. The van der Waals surface area contributed by atoms with E-state index in [0.717, 1.165) is 36.9 Å². The SMILES string of the molecule is CC1N=CN2C(C(O)C3CCC(c4ccc(Cl)c(F)c4)CC3)=C(C3CC3)C=CC12. The van der Waals surface area contributed by atoms with Gasteiger partial charge in [0.1, 0.15) is 5.82 Å². The van der Waals surface area contributed by atoms with Crippen molar-refractivity contribution in [3.8, 4) is 0 Å². The molecule has 0 amide bonds. The highest BCUT2D eigenvalue weighted by Gasteiger charge is 2.41. The summed E-state index contributed by atoms with van der Waals surface area (Å²) < 4.78 is 13.9. The van der Waals surface area contributed by atoms with Crippen LogP contribution < -0.4 is 0 Å². The van der Waals surface area contributed by atoms with Gasteiger partial charge >= 0.3 is 0 Å². The molecule has 0 radical (unpaired) electrons. The lowest BCUT2D eigenvalue weighted by Crippen LogP contribution is -2.42. The van der Waals surface area contributed by atoms with Crippen molar-refractivity contribution in [2.45, 2.75) is 69.6 Å². The van der Waals surface area contributed by atoms with Gasteiger partial charge in [0.25, 0.3) is 0 Å². The number of rotatable bonds is 4. The van der Waals surface area contributed by atoms with Gasteiger partial charge in [-0.05, 0) is 86.5 Å². The highest BCUT2D eigenvalue weighted by molar-refractivity contribution is 6.30. The largest absolute Gasteiger partial charge is 0.387 e. The molecule has 2 saturated carbocycles. The van der Waals surface area contributed by atoms with Crippen LogP contribution in [0.2, 0.25) is 5.02 Å². The number of aliphatic hydroxyl groups is 1. The van der Waals surface area contributed by atoms with Gasteiger partial charge in [-0.25, -0.2) is 4.39 Å². The van der Waals surface area contributed by atoms with E-state index in [1.807, 2.05) is 12.4 Å². The maximum absolute atomic E-state index is 13.9. The summed E-state index contributed by atoms with van der Waals surface area (Å²) in [6, 6.07) is 5.64. The minimum absolute atomic E-state index is 0.179. The van der Waals surface area contributed by atoms with Gasteiger partial charge in [0, 0.05) is 0 Å². The average molecular weight is 415 g/mol. The molecule has 4 aliphatic rings. The second kappa shape index (κ2) is 7.55. The van der Waals surface area contributed by atoms with Gasteiger partial charge in [0.05, 0.1) is 35.2 Å². The molecule has 0 saturated heterocycles. The summed E-state index contributed by atoms with van der Waals surface area (Å²) in [5.74, 6) is 0.834. The molecule has 29 heavy (non-hydrogen) atoms. The van der Waals surface area contributed by atoms with Crippen LogP contribution >= 0.6 is 11.6 Å². The number of fused-ring (bicyclic) bond motifs is 1. The van der Waals surface area contributed by atoms with E-state index >= 15 is 0 Å². The molecule has 2 aliphatic carbocycles. The zero-order valence-corrected chi connectivity index (χ0v) is 17.5. The van der Waals surface area contributed by atoms with Crippen molar-refractivity contribution in [1.82, 2.24) is 4.90 Å². The van der Waals surface area contributed by atoms with E-state index < -0.39 is 6.10 Å². The molecule has 154 valence electrons. The third kappa shape index (κ3) is 3.55. The summed E-state index contributed by atoms with van der Waals surface area (Å²) in [7, 11) is 0. The predicted octanol–water partition coefficient (Wildman–Crippen LogP) is 5.45. The fourth-order valence-electron chi connectivity index (χ4n) is 5.31. The number of nitrogens with zero attached hydrogens (tertiary/aromatic N) is 2. The summed E-state index contributed by atoms with van der Waals surface area (Å²) in [5.41, 5.74) is 3.43. The molecule has 1 aromatic rings. The first-order valence-corrected chi connectivity index (χ1v) is 11.3. The Labute approximate surface area is 177 Å². The van der Waals surface area contributed by atoms with Crippen molar-refractivity contribution < 1.29 is 9.50 Å². The third-order valence-electron chi connectivity index (χ3n) is 7.22. The van der Waals surface area contributed by atoms with Gasteiger partial charge < -0.3 is 10.0 Å². The predicted molar refractivity (Wildman–Crippen MR) is 115 cm³/mol. The van der Waals surface area contributed by atoms with Gasteiger partial charge in [-0.1, -0.05) is 29.8 Å².